The van der Waals surface area contributed by atoms with Gasteiger partial charge < -0.3 is 11.5 Å². The Labute approximate surface area is 47.5 Å². The van der Waals surface area contributed by atoms with Crippen LogP contribution < -0.4 is 28.7 Å². The lowest BCUT2D eigenvalue weighted by Gasteiger charge is -2.12. The summed E-state index contributed by atoms with van der Waals surface area (Å²) in [4.78, 5) is 0. The van der Waals surface area contributed by atoms with E-state index in [0.29, 0.717) is 0 Å². The minimum Gasteiger partial charge on any atom is -0.386 e. The first-order valence-corrected chi connectivity index (χ1v) is 2.02. The second-order valence-corrected chi connectivity index (χ2v) is 1.64. The van der Waals surface area contributed by atoms with Gasteiger partial charge in [0, 0.05) is 6.08 Å². The van der Waals surface area contributed by atoms with Crippen LogP contribution in [0.5, 0.6) is 0 Å². The lowest BCUT2D eigenvalue weighted by molar-refractivity contribution is 0.577. The van der Waals surface area contributed by atoms with Gasteiger partial charge in [-0.1, -0.05) is 0 Å². The molecule has 5 heteroatoms. The van der Waals surface area contributed by atoms with Crippen LogP contribution >= 0.6 is 0 Å². The summed E-state index contributed by atoms with van der Waals surface area (Å²) in [6.45, 7) is 0. The van der Waals surface area contributed by atoms with Crippen molar-refractivity contribution in [2.45, 2.75) is 5.79 Å². The van der Waals surface area contributed by atoms with Gasteiger partial charge in [-0.3, -0.25) is 17.2 Å². The Balaban J connectivity index is 3.89. The Bertz CT molecular complexity index is 94.7. The predicted octanol–water partition coefficient (Wildman–Crippen LogP) is -2.72. The summed E-state index contributed by atoms with van der Waals surface area (Å²) in [5, 5.41) is 0. The molecule has 0 rings (SSSR count). The smallest absolute Gasteiger partial charge is 0.139 e. The molecule has 0 spiro atoms. The van der Waals surface area contributed by atoms with E-state index in [2.05, 4.69) is 0 Å². The Morgan fingerprint density at radius 2 is 1.50 bits per heavy atom. The van der Waals surface area contributed by atoms with Gasteiger partial charge in [0.1, 0.15) is 5.79 Å². The molecule has 0 aliphatic rings. The van der Waals surface area contributed by atoms with Gasteiger partial charge in [0.2, 0.25) is 0 Å². The largest absolute Gasteiger partial charge is 0.386 e. The maximum atomic E-state index is 5.06. The van der Waals surface area contributed by atoms with Gasteiger partial charge in [0.05, 0.1) is 5.82 Å². The van der Waals surface area contributed by atoms with Crippen molar-refractivity contribution in [2.75, 3.05) is 0 Å². The average Bonchev–Trinajstić information content (AvgIpc) is 1.21. The molecule has 0 aliphatic carbocycles. The summed E-state index contributed by atoms with van der Waals surface area (Å²) >= 11 is 0. The molecule has 10 N–H and O–H groups in total. The zero-order valence-electron chi connectivity index (χ0n) is 4.46. The molecule has 0 aromatic heterocycles. The van der Waals surface area contributed by atoms with Crippen LogP contribution in [0.2, 0.25) is 0 Å². The van der Waals surface area contributed by atoms with Crippen LogP contribution in [0, 0.1) is 0 Å². The number of hydrogen-bond acceptors (Lipinski definition) is 5. The summed E-state index contributed by atoms with van der Waals surface area (Å²) in [5.74, 6) is -1.36. The molecule has 0 aromatic carbocycles. The van der Waals surface area contributed by atoms with E-state index in [4.69, 9.17) is 28.7 Å². The molecule has 0 atom stereocenters. The van der Waals surface area contributed by atoms with Gasteiger partial charge in [-0.2, -0.15) is 0 Å². The van der Waals surface area contributed by atoms with Crippen LogP contribution in [0.1, 0.15) is 0 Å². The summed E-state index contributed by atoms with van der Waals surface area (Å²) in [6.07, 6.45) is 1.16. The second-order valence-electron chi connectivity index (χ2n) is 1.64. The van der Waals surface area contributed by atoms with Gasteiger partial charge >= 0.3 is 0 Å². The minimum atomic E-state index is -1.39. The van der Waals surface area contributed by atoms with Crippen molar-refractivity contribution < 1.29 is 0 Å². The van der Waals surface area contributed by atoms with Gasteiger partial charge in [0.15, 0.2) is 0 Å². The highest BCUT2D eigenvalue weighted by atomic mass is 15.1. The molecule has 8 heavy (non-hydrogen) atoms. The monoisotopic (exact) mass is 117 g/mol. The third-order valence-corrected chi connectivity index (χ3v) is 0.417. The maximum Gasteiger partial charge on any atom is 0.139 e. The highest BCUT2D eigenvalue weighted by Crippen LogP contribution is 1.79. The summed E-state index contributed by atoms with van der Waals surface area (Å²) in [5.41, 5.74) is 25.1. The normalized spacial score (nSPS) is 10.9. The van der Waals surface area contributed by atoms with Crippen LogP contribution in [0.3, 0.4) is 0 Å². The molecule has 0 heterocycles. The number of hydrogen-bond donors (Lipinski definition) is 5. The van der Waals surface area contributed by atoms with Crippen LogP contribution in [0.25, 0.3) is 0 Å². The first-order chi connectivity index (χ1) is 3.42. The SMILES string of the molecule is NC(N)=CC(N)(N)N. The standard InChI is InChI=1S/C3H11N5/c4-2(5)1-3(6,7)8/h1H,4-8H2. The van der Waals surface area contributed by atoms with Crippen molar-refractivity contribution in [1.29, 1.82) is 0 Å². The minimum absolute atomic E-state index is 0.0255. The average molecular weight is 117 g/mol. The van der Waals surface area contributed by atoms with Crippen molar-refractivity contribution in [1.82, 2.24) is 0 Å². The molecule has 0 unspecified atom stereocenters. The summed E-state index contributed by atoms with van der Waals surface area (Å²) < 4.78 is 0. The zero-order chi connectivity index (χ0) is 6.78. The lowest BCUT2D eigenvalue weighted by atomic mass is 10.4. The highest BCUT2D eigenvalue weighted by Gasteiger charge is 2.05. The van der Waals surface area contributed by atoms with E-state index in [1.54, 1.807) is 0 Å². The fourth-order valence-electron chi connectivity index (χ4n) is 0.289. The molecular formula is C3H11N5. The van der Waals surface area contributed by atoms with Crippen LogP contribution in [-0.2, 0) is 0 Å². The Hall–Kier alpha value is -0.780. The first-order valence-electron chi connectivity index (χ1n) is 2.02. The van der Waals surface area contributed by atoms with E-state index in [0.717, 1.165) is 6.08 Å². The van der Waals surface area contributed by atoms with Crippen molar-refractivity contribution in [2.24, 2.45) is 28.7 Å². The van der Waals surface area contributed by atoms with Crippen LogP contribution in [-0.4, -0.2) is 5.79 Å². The van der Waals surface area contributed by atoms with E-state index in [1.165, 1.54) is 0 Å². The zero-order valence-corrected chi connectivity index (χ0v) is 4.46. The molecule has 0 aliphatic heterocycles. The van der Waals surface area contributed by atoms with Crippen LogP contribution in [0.15, 0.2) is 11.9 Å². The van der Waals surface area contributed by atoms with Crippen molar-refractivity contribution in [3.8, 4) is 0 Å². The molecule has 48 valence electrons. The molecule has 0 saturated heterocycles. The van der Waals surface area contributed by atoms with E-state index >= 15 is 0 Å². The Morgan fingerprint density at radius 3 is 1.50 bits per heavy atom. The van der Waals surface area contributed by atoms with Crippen LogP contribution in [0.4, 0.5) is 0 Å². The van der Waals surface area contributed by atoms with E-state index in [-0.39, 0.29) is 5.82 Å². The lowest BCUT2D eigenvalue weighted by Crippen LogP contribution is -2.56. The van der Waals surface area contributed by atoms with Gasteiger partial charge in [-0.25, -0.2) is 0 Å². The molecule has 5 nitrogen and oxygen atoms in total. The fraction of sp³-hybridized carbons (Fsp3) is 0.333. The third kappa shape index (κ3) is 5.22. The van der Waals surface area contributed by atoms with Gasteiger partial charge in [-0.05, 0) is 0 Å². The molecule has 0 fully saturated rings. The quantitative estimate of drug-likeness (QED) is 0.238. The molecule has 0 amide bonds. The first kappa shape index (κ1) is 7.22. The van der Waals surface area contributed by atoms with Crippen molar-refractivity contribution >= 4 is 0 Å². The van der Waals surface area contributed by atoms with Crippen molar-refractivity contribution in [3.63, 3.8) is 0 Å². The number of nitrogens with two attached hydrogens (primary N) is 5. The molecule has 0 saturated carbocycles. The summed E-state index contributed by atoms with van der Waals surface area (Å²) in [6, 6.07) is 0. The molecule has 0 radical (unpaired) electrons. The Morgan fingerprint density at radius 1 is 1.12 bits per heavy atom. The topological polar surface area (TPSA) is 130 Å². The van der Waals surface area contributed by atoms with E-state index < -0.39 is 5.79 Å². The predicted molar refractivity (Wildman–Crippen MR) is 31.8 cm³/mol. The highest BCUT2D eigenvalue weighted by molar-refractivity contribution is 5.01. The molecule has 0 bridgehead atoms. The Kier molecular flexibility index (Phi) is 1.80. The van der Waals surface area contributed by atoms with E-state index in [9.17, 15) is 0 Å². The number of rotatable bonds is 1. The molecular weight excluding hydrogens is 106 g/mol. The molecule has 0 aromatic rings. The van der Waals surface area contributed by atoms with Gasteiger partial charge in [-0.15, -0.1) is 0 Å². The van der Waals surface area contributed by atoms with E-state index in [1.807, 2.05) is 0 Å². The van der Waals surface area contributed by atoms with Gasteiger partial charge in [0.25, 0.3) is 0 Å². The van der Waals surface area contributed by atoms with Crippen molar-refractivity contribution in [3.05, 3.63) is 11.9 Å². The fourth-order valence-corrected chi connectivity index (χ4v) is 0.289. The maximum absolute atomic E-state index is 5.06. The summed E-state index contributed by atoms with van der Waals surface area (Å²) in [7, 11) is 0. The third-order valence-electron chi connectivity index (χ3n) is 0.417. The second kappa shape index (κ2) is 1.99.